The zero-order valence-electron chi connectivity index (χ0n) is 19.5. The minimum absolute atomic E-state index is 0.0483. The first-order chi connectivity index (χ1) is 16.3. The third-order valence-corrected chi connectivity index (χ3v) is 5.79. The lowest BCUT2D eigenvalue weighted by Crippen LogP contribution is -2.30. The summed E-state index contributed by atoms with van der Waals surface area (Å²) in [6.45, 7) is -0.515. The fraction of sp³-hybridized carbons (Fsp3) is 0.417. The molecule has 0 aliphatic heterocycles. The standard InChI is InChI=1S/C24H28F2N4O4/c1-14(29(2)3)13-33-17-7-8-30-18(12-27-21(30)11-17)15-9-19(32-4)22(20(10-15)34-24(25)26)23(31)28-16-5-6-16/h7-12,14,16,24H,5-6,13H2,1-4H3,(H,28,31). The molecular formula is C24H28F2N4O4. The van der Waals surface area contributed by atoms with E-state index in [0.29, 0.717) is 29.3 Å². The van der Waals surface area contributed by atoms with Gasteiger partial charge in [-0.05, 0) is 52.1 Å². The first kappa shape index (κ1) is 23.7. The van der Waals surface area contributed by atoms with Crippen molar-refractivity contribution in [3.05, 3.63) is 42.2 Å². The summed E-state index contributed by atoms with van der Waals surface area (Å²) >= 11 is 0. The summed E-state index contributed by atoms with van der Waals surface area (Å²) in [6.07, 6.45) is 5.13. The number of methoxy groups -OCH3 is 1. The lowest BCUT2D eigenvalue weighted by Gasteiger charge is -2.20. The van der Waals surface area contributed by atoms with Crippen LogP contribution in [0.3, 0.4) is 0 Å². The first-order valence-corrected chi connectivity index (χ1v) is 11.0. The van der Waals surface area contributed by atoms with Crippen molar-refractivity contribution in [1.29, 1.82) is 0 Å². The molecule has 0 saturated heterocycles. The van der Waals surface area contributed by atoms with Gasteiger partial charge in [-0.3, -0.25) is 9.20 Å². The van der Waals surface area contributed by atoms with Crippen molar-refractivity contribution in [2.45, 2.75) is 38.5 Å². The molecule has 1 saturated carbocycles. The van der Waals surface area contributed by atoms with E-state index in [1.807, 2.05) is 20.2 Å². The highest BCUT2D eigenvalue weighted by Gasteiger charge is 2.29. The molecule has 1 aliphatic rings. The van der Waals surface area contributed by atoms with E-state index >= 15 is 0 Å². The maximum Gasteiger partial charge on any atom is 0.387 e. The Labute approximate surface area is 196 Å². The maximum absolute atomic E-state index is 13.2. The van der Waals surface area contributed by atoms with E-state index in [1.165, 1.54) is 13.2 Å². The molecule has 4 rings (SSSR count). The fourth-order valence-electron chi connectivity index (χ4n) is 3.43. The van der Waals surface area contributed by atoms with Gasteiger partial charge in [-0.15, -0.1) is 0 Å². The number of ether oxygens (including phenoxy) is 3. The third kappa shape index (κ3) is 5.22. The molecule has 1 amide bonds. The van der Waals surface area contributed by atoms with Crippen LogP contribution in [0.25, 0.3) is 16.9 Å². The highest BCUT2D eigenvalue weighted by molar-refractivity contribution is 6.01. The summed E-state index contributed by atoms with van der Waals surface area (Å²) in [5.41, 5.74) is 1.70. The van der Waals surface area contributed by atoms with Gasteiger partial charge >= 0.3 is 6.61 Å². The smallest absolute Gasteiger partial charge is 0.387 e. The topological polar surface area (TPSA) is 77.3 Å². The van der Waals surface area contributed by atoms with Crippen molar-refractivity contribution in [3.8, 4) is 28.5 Å². The molecule has 10 heteroatoms. The van der Waals surface area contributed by atoms with Crippen LogP contribution < -0.4 is 19.5 Å². The number of hydrogen-bond donors (Lipinski definition) is 1. The number of pyridine rings is 1. The number of nitrogens with one attached hydrogen (secondary N) is 1. The van der Waals surface area contributed by atoms with E-state index < -0.39 is 12.5 Å². The molecule has 34 heavy (non-hydrogen) atoms. The Balaban J connectivity index is 1.68. The molecule has 2 heterocycles. The quantitative estimate of drug-likeness (QED) is 0.481. The molecule has 3 aromatic rings. The maximum atomic E-state index is 13.2. The van der Waals surface area contributed by atoms with E-state index in [1.54, 1.807) is 28.9 Å². The van der Waals surface area contributed by atoms with Gasteiger partial charge in [0.05, 0.1) is 19.0 Å². The zero-order valence-corrected chi connectivity index (χ0v) is 19.5. The number of rotatable bonds is 10. The molecule has 2 aromatic heterocycles. The molecule has 0 bridgehead atoms. The number of hydrogen-bond acceptors (Lipinski definition) is 6. The van der Waals surface area contributed by atoms with Crippen molar-refractivity contribution in [2.75, 3.05) is 27.8 Å². The molecular weight excluding hydrogens is 446 g/mol. The molecule has 0 spiro atoms. The number of carbonyl (C=O) groups excluding carboxylic acids is 1. The van der Waals surface area contributed by atoms with Gasteiger partial charge in [0.25, 0.3) is 5.91 Å². The number of aromatic nitrogens is 2. The Bertz CT molecular complexity index is 1180. The predicted octanol–water partition coefficient (Wildman–Crippen LogP) is 3.83. The van der Waals surface area contributed by atoms with Gasteiger partial charge in [0.15, 0.2) is 0 Å². The molecule has 1 N–H and O–H groups in total. The van der Waals surface area contributed by atoms with Crippen LogP contribution in [0.15, 0.2) is 36.7 Å². The Morgan fingerprint density at radius 2 is 2.00 bits per heavy atom. The molecule has 1 atom stereocenters. The number of halogens is 2. The second-order valence-electron chi connectivity index (χ2n) is 8.54. The summed E-state index contributed by atoms with van der Waals surface area (Å²) in [7, 11) is 5.35. The molecule has 0 radical (unpaired) electrons. The fourth-order valence-corrected chi connectivity index (χ4v) is 3.43. The first-order valence-electron chi connectivity index (χ1n) is 11.0. The van der Waals surface area contributed by atoms with Crippen molar-refractivity contribution in [2.24, 2.45) is 0 Å². The lowest BCUT2D eigenvalue weighted by molar-refractivity contribution is -0.0502. The van der Waals surface area contributed by atoms with E-state index in [4.69, 9.17) is 14.2 Å². The van der Waals surface area contributed by atoms with Gasteiger partial charge in [0.1, 0.15) is 35.1 Å². The Kier molecular flexibility index (Phi) is 6.87. The van der Waals surface area contributed by atoms with Gasteiger partial charge in [0.2, 0.25) is 0 Å². The SMILES string of the molecule is COc1cc(-c2cnc3cc(OCC(C)N(C)C)ccn23)cc(OC(F)F)c1C(=O)NC1CC1. The van der Waals surface area contributed by atoms with Crippen molar-refractivity contribution in [3.63, 3.8) is 0 Å². The normalized spacial score (nSPS) is 14.5. The Hall–Kier alpha value is -3.40. The number of amides is 1. The average molecular weight is 475 g/mol. The molecule has 1 unspecified atom stereocenters. The van der Waals surface area contributed by atoms with Crippen molar-refractivity contribution in [1.82, 2.24) is 19.6 Å². The van der Waals surface area contributed by atoms with Gasteiger partial charge in [-0.2, -0.15) is 8.78 Å². The minimum atomic E-state index is -3.10. The van der Waals surface area contributed by atoms with E-state index in [0.717, 1.165) is 12.8 Å². The summed E-state index contributed by atoms with van der Waals surface area (Å²) in [6, 6.07) is 6.92. The molecule has 1 aliphatic carbocycles. The van der Waals surface area contributed by atoms with Crippen LogP contribution >= 0.6 is 0 Å². The highest BCUT2D eigenvalue weighted by atomic mass is 19.3. The van der Waals surface area contributed by atoms with Gasteiger partial charge in [0, 0.05) is 29.9 Å². The number of likely N-dealkylation sites (N-methyl/N-ethyl adjacent to an activating group) is 1. The van der Waals surface area contributed by atoms with E-state index in [9.17, 15) is 13.6 Å². The van der Waals surface area contributed by atoms with Crippen LogP contribution in [0.4, 0.5) is 8.78 Å². The van der Waals surface area contributed by atoms with Crippen molar-refractivity contribution < 1.29 is 27.8 Å². The molecule has 1 aromatic carbocycles. The van der Waals surface area contributed by atoms with Crippen LogP contribution in [0.1, 0.15) is 30.1 Å². The third-order valence-electron chi connectivity index (χ3n) is 5.79. The van der Waals surface area contributed by atoms with Crippen LogP contribution in [0.2, 0.25) is 0 Å². The number of carbonyl (C=O) groups is 1. The summed E-state index contributed by atoms with van der Waals surface area (Å²) in [5, 5.41) is 2.80. The predicted molar refractivity (Wildman–Crippen MR) is 123 cm³/mol. The van der Waals surface area contributed by atoms with E-state index in [-0.39, 0.29) is 29.1 Å². The van der Waals surface area contributed by atoms with Gasteiger partial charge in [-0.1, -0.05) is 0 Å². The van der Waals surface area contributed by atoms with Gasteiger partial charge < -0.3 is 24.4 Å². The van der Waals surface area contributed by atoms with Gasteiger partial charge in [-0.25, -0.2) is 4.98 Å². The van der Waals surface area contributed by atoms with Crippen molar-refractivity contribution >= 4 is 11.6 Å². The van der Waals surface area contributed by atoms with Crippen LogP contribution in [-0.2, 0) is 0 Å². The van der Waals surface area contributed by atoms with Crippen LogP contribution in [0.5, 0.6) is 17.2 Å². The number of benzene rings is 1. The Morgan fingerprint density at radius 1 is 1.26 bits per heavy atom. The number of alkyl halides is 2. The summed E-state index contributed by atoms with van der Waals surface area (Å²) in [5.74, 6) is 0.0483. The van der Waals surface area contributed by atoms with Crippen LogP contribution in [-0.4, -0.2) is 66.7 Å². The molecule has 8 nitrogen and oxygen atoms in total. The number of nitrogens with zero attached hydrogens (tertiary/aromatic N) is 3. The monoisotopic (exact) mass is 474 g/mol. The summed E-state index contributed by atoms with van der Waals surface area (Å²) < 4.78 is 44.2. The molecule has 1 fully saturated rings. The molecule has 182 valence electrons. The van der Waals surface area contributed by atoms with Crippen LogP contribution in [0, 0.1) is 0 Å². The van der Waals surface area contributed by atoms with E-state index in [2.05, 4.69) is 22.1 Å². The Morgan fingerprint density at radius 3 is 2.65 bits per heavy atom. The largest absolute Gasteiger partial charge is 0.496 e. The lowest BCUT2D eigenvalue weighted by atomic mass is 10.1. The highest BCUT2D eigenvalue weighted by Crippen LogP contribution is 2.37. The second kappa shape index (κ2) is 9.84. The zero-order chi connectivity index (χ0) is 24.4. The number of imidazole rings is 1. The second-order valence-corrected chi connectivity index (χ2v) is 8.54. The minimum Gasteiger partial charge on any atom is -0.496 e. The average Bonchev–Trinajstić information content (AvgIpc) is 3.51. The number of fused-ring (bicyclic) bond motifs is 1. The summed E-state index contributed by atoms with van der Waals surface area (Å²) in [4.78, 5) is 19.2.